The van der Waals surface area contributed by atoms with Gasteiger partial charge in [-0.3, -0.25) is 0 Å². The van der Waals surface area contributed by atoms with E-state index in [9.17, 15) is 4.39 Å². The van der Waals surface area contributed by atoms with Gasteiger partial charge < -0.3 is 10.1 Å². The molecule has 2 nitrogen and oxygen atoms in total. The molecule has 2 fully saturated rings. The van der Waals surface area contributed by atoms with Crippen LogP contribution >= 0.6 is 0 Å². The van der Waals surface area contributed by atoms with Crippen LogP contribution in [0.25, 0.3) is 0 Å². The second-order valence-corrected chi connectivity index (χ2v) is 5.97. The molecule has 2 atom stereocenters. The van der Waals surface area contributed by atoms with Crippen LogP contribution in [0.3, 0.4) is 0 Å². The van der Waals surface area contributed by atoms with Gasteiger partial charge in [0.25, 0.3) is 0 Å². The van der Waals surface area contributed by atoms with E-state index in [1.54, 1.807) is 12.1 Å². The minimum Gasteiger partial charge on any atom is -0.381 e. The first kappa shape index (κ1) is 13.1. The van der Waals surface area contributed by atoms with Crippen LogP contribution in [0.5, 0.6) is 0 Å². The maximum absolute atomic E-state index is 13.7. The molecule has 1 aliphatic carbocycles. The van der Waals surface area contributed by atoms with Crippen LogP contribution < -0.4 is 5.32 Å². The van der Waals surface area contributed by atoms with Crippen LogP contribution in [-0.2, 0) is 4.74 Å². The molecule has 2 unspecified atom stereocenters. The van der Waals surface area contributed by atoms with Crippen molar-refractivity contribution in [2.75, 3.05) is 13.2 Å². The van der Waals surface area contributed by atoms with Gasteiger partial charge in [0.05, 0.1) is 6.61 Å². The summed E-state index contributed by atoms with van der Waals surface area (Å²) in [6.07, 6.45) is 3.27. The largest absolute Gasteiger partial charge is 0.381 e. The lowest BCUT2D eigenvalue weighted by atomic mass is 9.75. The van der Waals surface area contributed by atoms with Crippen molar-refractivity contribution in [3.63, 3.8) is 0 Å². The van der Waals surface area contributed by atoms with Crippen LogP contribution in [-0.4, -0.2) is 25.3 Å². The SMILES string of the molecule is CC(NC1CC(c2ccccc2F)C1)C1CCOC1. The van der Waals surface area contributed by atoms with E-state index in [0.29, 0.717) is 23.9 Å². The Hall–Kier alpha value is -0.930. The molecule has 3 rings (SSSR count). The van der Waals surface area contributed by atoms with E-state index in [4.69, 9.17) is 4.74 Å². The number of ether oxygens (including phenoxy) is 1. The summed E-state index contributed by atoms with van der Waals surface area (Å²) in [5.41, 5.74) is 0.886. The van der Waals surface area contributed by atoms with Gasteiger partial charge in [-0.1, -0.05) is 18.2 Å². The molecule has 1 aromatic carbocycles. The molecule has 104 valence electrons. The quantitative estimate of drug-likeness (QED) is 0.901. The highest BCUT2D eigenvalue weighted by Crippen LogP contribution is 2.38. The molecule has 19 heavy (non-hydrogen) atoms. The molecule has 0 aromatic heterocycles. The van der Waals surface area contributed by atoms with Crippen LogP contribution in [0.1, 0.15) is 37.7 Å². The highest BCUT2D eigenvalue weighted by molar-refractivity contribution is 5.24. The van der Waals surface area contributed by atoms with E-state index in [2.05, 4.69) is 12.2 Å². The Balaban J connectivity index is 1.49. The maximum Gasteiger partial charge on any atom is 0.126 e. The molecule has 0 amide bonds. The minimum atomic E-state index is -0.0526. The number of benzene rings is 1. The molecule has 0 bridgehead atoms. The maximum atomic E-state index is 13.7. The van der Waals surface area contributed by atoms with Gasteiger partial charge in [0.1, 0.15) is 5.82 Å². The molecule has 1 saturated heterocycles. The third-order valence-electron chi connectivity index (χ3n) is 4.65. The van der Waals surface area contributed by atoms with Crippen LogP contribution in [0.4, 0.5) is 4.39 Å². The van der Waals surface area contributed by atoms with Crippen LogP contribution in [0.15, 0.2) is 24.3 Å². The third-order valence-corrected chi connectivity index (χ3v) is 4.65. The van der Waals surface area contributed by atoms with Gasteiger partial charge in [0, 0.05) is 18.7 Å². The normalized spacial score (nSPS) is 32.0. The predicted molar refractivity (Wildman–Crippen MR) is 73.7 cm³/mol. The molecular weight excluding hydrogens is 241 g/mol. The number of hydrogen-bond acceptors (Lipinski definition) is 2. The Morgan fingerprint density at radius 3 is 2.79 bits per heavy atom. The number of hydrogen-bond donors (Lipinski definition) is 1. The van der Waals surface area contributed by atoms with Crippen molar-refractivity contribution in [3.05, 3.63) is 35.6 Å². The second kappa shape index (κ2) is 5.59. The fraction of sp³-hybridized carbons (Fsp3) is 0.625. The van der Waals surface area contributed by atoms with Crippen molar-refractivity contribution in [2.24, 2.45) is 5.92 Å². The van der Waals surface area contributed by atoms with Crippen molar-refractivity contribution in [2.45, 2.75) is 44.2 Å². The van der Waals surface area contributed by atoms with E-state index >= 15 is 0 Å². The molecule has 2 aliphatic rings. The van der Waals surface area contributed by atoms with Crippen molar-refractivity contribution in [1.82, 2.24) is 5.32 Å². The van der Waals surface area contributed by atoms with E-state index in [0.717, 1.165) is 38.0 Å². The van der Waals surface area contributed by atoms with Crippen LogP contribution in [0, 0.1) is 11.7 Å². The van der Waals surface area contributed by atoms with Gasteiger partial charge in [-0.05, 0) is 49.7 Å². The molecule has 1 saturated carbocycles. The number of halogens is 1. The van der Waals surface area contributed by atoms with Gasteiger partial charge in [0.15, 0.2) is 0 Å². The van der Waals surface area contributed by atoms with Gasteiger partial charge in [-0.25, -0.2) is 4.39 Å². The van der Waals surface area contributed by atoms with Crippen molar-refractivity contribution in [3.8, 4) is 0 Å². The topological polar surface area (TPSA) is 21.3 Å². The third kappa shape index (κ3) is 2.82. The molecule has 0 radical (unpaired) electrons. The Labute approximate surface area is 114 Å². The van der Waals surface area contributed by atoms with E-state index in [1.807, 2.05) is 12.1 Å². The lowest BCUT2D eigenvalue weighted by molar-refractivity contribution is 0.169. The van der Waals surface area contributed by atoms with Gasteiger partial charge >= 0.3 is 0 Å². The standard InChI is InChI=1S/C16H22FNO/c1-11(12-6-7-19-10-12)18-14-8-13(9-14)15-4-2-3-5-16(15)17/h2-5,11-14,18H,6-10H2,1H3. The lowest BCUT2D eigenvalue weighted by Gasteiger charge is -2.39. The zero-order valence-corrected chi connectivity index (χ0v) is 11.4. The molecule has 1 heterocycles. The Morgan fingerprint density at radius 1 is 1.32 bits per heavy atom. The first-order valence-electron chi connectivity index (χ1n) is 7.32. The fourth-order valence-electron chi connectivity index (χ4n) is 3.27. The molecule has 1 N–H and O–H groups in total. The number of nitrogens with one attached hydrogen (secondary N) is 1. The highest BCUT2D eigenvalue weighted by Gasteiger charge is 2.34. The summed E-state index contributed by atoms with van der Waals surface area (Å²) in [6.45, 7) is 4.03. The highest BCUT2D eigenvalue weighted by atomic mass is 19.1. The van der Waals surface area contributed by atoms with E-state index in [-0.39, 0.29) is 5.82 Å². The molecule has 0 spiro atoms. The van der Waals surface area contributed by atoms with Gasteiger partial charge in [-0.15, -0.1) is 0 Å². The summed E-state index contributed by atoms with van der Waals surface area (Å²) in [7, 11) is 0. The van der Waals surface area contributed by atoms with Gasteiger partial charge in [-0.2, -0.15) is 0 Å². The smallest absolute Gasteiger partial charge is 0.126 e. The first-order valence-corrected chi connectivity index (χ1v) is 7.32. The monoisotopic (exact) mass is 263 g/mol. The summed E-state index contributed by atoms with van der Waals surface area (Å²) < 4.78 is 19.1. The molecule has 3 heteroatoms. The van der Waals surface area contributed by atoms with E-state index < -0.39 is 0 Å². The Morgan fingerprint density at radius 2 is 2.11 bits per heavy atom. The van der Waals surface area contributed by atoms with E-state index in [1.165, 1.54) is 0 Å². The lowest BCUT2D eigenvalue weighted by Crippen LogP contribution is -2.47. The average Bonchev–Trinajstić information content (AvgIpc) is 2.88. The Bertz CT molecular complexity index is 425. The average molecular weight is 263 g/mol. The fourth-order valence-corrected chi connectivity index (χ4v) is 3.27. The molecule has 1 aromatic rings. The zero-order valence-electron chi connectivity index (χ0n) is 11.4. The van der Waals surface area contributed by atoms with Crippen molar-refractivity contribution < 1.29 is 9.13 Å². The second-order valence-electron chi connectivity index (χ2n) is 5.97. The summed E-state index contributed by atoms with van der Waals surface area (Å²) in [6, 6.07) is 8.22. The number of rotatable bonds is 4. The summed E-state index contributed by atoms with van der Waals surface area (Å²) in [4.78, 5) is 0. The Kier molecular flexibility index (Phi) is 3.85. The first-order chi connectivity index (χ1) is 9.24. The summed E-state index contributed by atoms with van der Waals surface area (Å²) in [5, 5.41) is 3.68. The van der Waals surface area contributed by atoms with Gasteiger partial charge in [0.2, 0.25) is 0 Å². The van der Waals surface area contributed by atoms with Crippen molar-refractivity contribution >= 4 is 0 Å². The minimum absolute atomic E-state index is 0.0526. The van der Waals surface area contributed by atoms with Crippen LogP contribution in [0.2, 0.25) is 0 Å². The van der Waals surface area contributed by atoms with Crippen molar-refractivity contribution in [1.29, 1.82) is 0 Å². The molecular formula is C16H22FNO. The zero-order chi connectivity index (χ0) is 13.2. The molecule has 1 aliphatic heterocycles. The summed E-state index contributed by atoms with van der Waals surface area (Å²) in [5.74, 6) is 0.987. The summed E-state index contributed by atoms with van der Waals surface area (Å²) >= 11 is 0. The predicted octanol–water partition coefficient (Wildman–Crippen LogP) is 3.09.